The topological polar surface area (TPSA) is 107 Å². The Morgan fingerprint density at radius 2 is 1.52 bits per heavy atom. The first kappa shape index (κ1) is 44.7. The summed E-state index contributed by atoms with van der Waals surface area (Å²) in [7, 11) is -3.99. The van der Waals surface area contributed by atoms with Crippen LogP contribution in [0.15, 0.2) is 124 Å². The predicted octanol–water partition coefficient (Wildman–Crippen LogP) is 11.2. The Labute approximate surface area is 368 Å². The number of rotatable bonds is 14. The van der Waals surface area contributed by atoms with Gasteiger partial charge in [0.05, 0.1) is 22.6 Å². The first-order valence-electron chi connectivity index (χ1n) is 19.1. The lowest BCUT2D eigenvalue weighted by molar-refractivity contribution is -0.0435. The van der Waals surface area contributed by atoms with Gasteiger partial charge in [0, 0.05) is 94.6 Å². The summed E-state index contributed by atoms with van der Waals surface area (Å²) in [5.74, 6) is -2.25. The molecule has 1 aliphatic rings. The van der Waals surface area contributed by atoms with E-state index < -0.39 is 37.8 Å². The van der Waals surface area contributed by atoms with E-state index in [1.807, 2.05) is 42.5 Å². The number of nitrogens with one attached hydrogen (secondary N) is 2. The molecule has 1 saturated heterocycles. The maximum Gasteiger partial charge on any atom is 0.501 e. The fourth-order valence-corrected chi connectivity index (χ4v) is 9.89. The summed E-state index contributed by atoms with van der Waals surface area (Å²) in [6.07, 6.45) is 0. The fraction of sp³-hybridized carbons (Fsp3) is 0.205. The molecule has 2 heterocycles. The molecule has 62 heavy (non-hydrogen) atoms. The number of carboxylic acid groups (broad SMARTS) is 1. The molecule has 7 rings (SSSR count). The molecule has 1 fully saturated rings. The van der Waals surface area contributed by atoms with Crippen molar-refractivity contribution in [3.05, 3.63) is 137 Å². The number of alkyl halides is 3. The van der Waals surface area contributed by atoms with Crippen LogP contribution in [-0.2, 0) is 16.9 Å². The van der Waals surface area contributed by atoms with Crippen molar-refractivity contribution in [3.63, 3.8) is 0 Å². The molecule has 18 heteroatoms. The molecule has 1 aromatic heterocycles. The molecule has 9 nitrogen and oxygen atoms in total. The molecule has 6 aromatic rings. The third-order valence-corrected chi connectivity index (χ3v) is 14.0. The minimum atomic E-state index is -5.67. The van der Waals surface area contributed by atoms with Crippen molar-refractivity contribution in [1.82, 2.24) is 4.57 Å². The highest BCUT2D eigenvalue weighted by Gasteiger charge is 2.48. The zero-order chi connectivity index (χ0) is 44.3. The number of anilines is 4. The van der Waals surface area contributed by atoms with E-state index in [1.165, 1.54) is 23.9 Å². The summed E-state index contributed by atoms with van der Waals surface area (Å²) in [5, 5.41) is 13.6. The lowest BCUT2D eigenvalue weighted by Gasteiger charge is -2.37. The van der Waals surface area contributed by atoms with Crippen LogP contribution in [0.2, 0.25) is 5.02 Å². The van der Waals surface area contributed by atoms with Gasteiger partial charge in [0.2, 0.25) is 0 Å². The number of carbonyl (C=O) groups is 1. The average molecular weight is 928 g/mol. The molecular formula is C44H39ClF5N5O4S3. The fourth-order valence-electron chi connectivity index (χ4n) is 7.25. The van der Waals surface area contributed by atoms with Gasteiger partial charge in [-0.05, 0) is 97.2 Å². The maximum absolute atomic E-state index is 16.7. The van der Waals surface area contributed by atoms with Crippen molar-refractivity contribution in [2.75, 3.05) is 58.3 Å². The molecule has 0 atom stereocenters. The number of hydrogen-bond donors (Lipinski definition) is 3. The normalized spacial score (nSPS) is 13.4. The van der Waals surface area contributed by atoms with E-state index in [4.69, 9.17) is 11.6 Å². The van der Waals surface area contributed by atoms with Gasteiger partial charge in [-0.3, -0.25) is 0 Å². The number of piperazine rings is 1. The zero-order valence-corrected chi connectivity index (χ0v) is 36.3. The van der Waals surface area contributed by atoms with Crippen molar-refractivity contribution >= 4 is 73.9 Å². The van der Waals surface area contributed by atoms with Gasteiger partial charge in [0.1, 0.15) is 10.7 Å². The number of carboxylic acids is 1. The molecule has 0 unspecified atom stereocenters. The van der Waals surface area contributed by atoms with Crippen LogP contribution in [0, 0.1) is 18.6 Å². The summed E-state index contributed by atoms with van der Waals surface area (Å²) in [6, 6.07) is 29.3. The van der Waals surface area contributed by atoms with E-state index >= 15 is 8.78 Å². The number of halogens is 6. The molecular weight excluding hydrogens is 889 g/mol. The van der Waals surface area contributed by atoms with Gasteiger partial charge < -0.3 is 29.5 Å². The Morgan fingerprint density at radius 3 is 2.16 bits per heavy atom. The van der Waals surface area contributed by atoms with Crippen molar-refractivity contribution < 1.29 is 40.3 Å². The number of nitrogens with zero attached hydrogens (tertiary/aromatic N) is 3. The van der Waals surface area contributed by atoms with E-state index in [0.717, 1.165) is 40.7 Å². The van der Waals surface area contributed by atoms with Crippen molar-refractivity contribution in [2.24, 2.45) is 7.05 Å². The summed E-state index contributed by atoms with van der Waals surface area (Å²) in [5.41, 5.74) is -3.09. The van der Waals surface area contributed by atoms with Gasteiger partial charge in [-0.15, -0.1) is 11.8 Å². The maximum atomic E-state index is 16.7. The van der Waals surface area contributed by atoms with Gasteiger partial charge >= 0.3 is 11.5 Å². The van der Waals surface area contributed by atoms with Gasteiger partial charge in [0.15, 0.2) is 5.82 Å². The number of hydrogen-bond acceptors (Lipinski definition) is 9. The molecule has 0 aliphatic carbocycles. The lowest BCUT2D eigenvalue weighted by Crippen LogP contribution is -2.46. The number of aromatic nitrogens is 1. The van der Waals surface area contributed by atoms with E-state index in [0.29, 0.717) is 59.6 Å². The summed E-state index contributed by atoms with van der Waals surface area (Å²) in [4.78, 5) is 16.7. The van der Waals surface area contributed by atoms with Crippen LogP contribution in [0.1, 0.15) is 16.1 Å². The molecule has 0 saturated carbocycles. The summed E-state index contributed by atoms with van der Waals surface area (Å²) < 4.78 is 103. The van der Waals surface area contributed by atoms with E-state index in [-0.39, 0.29) is 39.5 Å². The van der Waals surface area contributed by atoms with Crippen LogP contribution in [0.3, 0.4) is 0 Å². The first-order chi connectivity index (χ1) is 29.5. The minimum Gasteiger partial charge on any atom is -0.478 e. The third-order valence-electron chi connectivity index (χ3n) is 10.4. The average Bonchev–Trinajstić information content (AvgIpc) is 3.52. The van der Waals surface area contributed by atoms with Crippen LogP contribution >= 0.6 is 35.3 Å². The van der Waals surface area contributed by atoms with Crippen molar-refractivity contribution in [1.29, 1.82) is 0 Å². The Hall–Kier alpha value is -5.36. The molecule has 3 N–H and O–H groups in total. The molecule has 0 radical (unpaired) electrons. The number of aromatic carboxylic acids is 1. The van der Waals surface area contributed by atoms with Crippen LogP contribution in [0.4, 0.5) is 44.7 Å². The Bertz CT molecular complexity index is 2700. The van der Waals surface area contributed by atoms with E-state index in [9.17, 15) is 31.5 Å². The molecule has 1 aliphatic heterocycles. The SMILES string of the molecule is Cc1c(C(=O)O)c(-c2cc(F)cc(N3CCN(c4ccc(NSc5ccc(NCCSc6ccccc6)c(S(=O)(=O)C(F)(F)F)c5)cc4)CC3)c2F)c(-c2ccc(Cl)cc2)n1C. The monoisotopic (exact) mass is 927 g/mol. The zero-order valence-electron chi connectivity index (χ0n) is 33.1. The molecule has 324 valence electrons. The summed E-state index contributed by atoms with van der Waals surface area (Å²) in [6.45, 7) is 3.36. The quantitative estimate of drug-likeness (QED) is 0.0423. The summed E-state index contributed by atoms with van der Waals surface area (Å²) >= 11 is 8.55. The number of benzene rings is 5. The van der Waals surface area contributed by atoms with Gasteiger partial charge in [-0.2, -0.15) is 13.2 Å². The standard InChI is InChI=1S/C44H39ClF5N5O4S3/c1-27-39(43(56)57)40(42(53(27)2)28-8-10-29(45)11-9-28)35-24-30(46)25-37(41(35)47)55-21-19-54(20-22-55)32-14-12-31(13-15-32)52-61-34-16-17-36(38(26-34)62(58,59)44(48,49)50)51-18-23-60-33-6-4-3-5-7-33/h3-17,24-26,51-52H,18-23H2,1-2H3,(H,56,57). The molecule has 0 amide bonds. The minimum absolute atomic E-state index is 0.00758. The highest BCUT2D eigenvalue weighted by Crippen LogP contribution is 2.43. The van der Waals surface area contributed by atoms with Crippen molar-refractivity contribution in [2.45, 2.75) is 27.1 Å². The van der Waals surface area contributed by atoms with Gasteiger partial charge in [-0.25, -0.2) is 22.0 Å². The highest BCUT2D eigenvalue weighted by molar-refractivity contribution is 8.00. The van der Waals surface area contributed by atoms with E-state index in [1.54, 1.807) is 59.8 Å². The second kappa shape index (κ2) is 18.5. The second-order valence-corrected chi connectivity index (χ2v) is 18.7. The second-order valence-electron chi connectivity index (χ2n) is 14.3. The van der Waals surface area contributed by atoms with E-state index in [2.05, 4.69) is 14.9 Å². The van der Waals surface area contributed by atoms with Crippen LogP contribution < -0.4 is 19.8 Å². The highest BCUT2D eigenvalue weighted by atomic mass is 35.5. The first-order valence-corrected chi connectivity index (χ1v) is 22.8. The molecule has 0 bridgehead atoms. The van der Waals surface area contributed by atoms with Gasteiger partial charge in [-0.1, -0.05) is 41.9 Å². The Kier molecular flexibility index (Phi) is 13.4. The largest absolute Gasteiger partial charge is 0.501 e. The van der Waals surface area contributed by atoms with Crippen LogP contribution in [-0.4, -0.2) is 68.0 Å². The van der Waals surface area contributed by atoms with Crippen LogP contribution in [0.25, 0.3) is 22.4 Å². The molecule has 0 spiro atoms. The number of sulfone groups is 1. The predicted molar refractivity (Wildman–Crippen MR) is 239 cm³/mol. The Balaban J connectivity index is 1.02. The Morgan fingerprint density at radius 1 is 0.855 bits per heavy atom. The third kappa shape index (κ3) is 9.50. The lowest BCUT2D eigenvalue weighted by atomic mass is 9.95. The number of thioether (sulfide) groups is 1. The van der Waals surface area contributed by atoms with Crippen molar-refractivity contribution in [3.8, 4) is 22.4 Å². The smallest absolute Gasteiger partial charge is 0.478 e. The van der Waals surface area contributed by atoms with Crippen LogP contribution in [0.5, 0.6) is 0 Å². The molecule has 5 aromatic carbocycles. The van der Waals surface area contributed by atoms with Gasteiger partial charge in [0.25, 0.3) is 9.84 Å².